The van der Waals surface area contributed by atoms with E-state index in [1.54, 1.807) is 19.2 Å². The van der Waals surface area contributed by atoms with Crippen molar-refractivity contribution >= 4 is 24.2 Å². The molecule has 0 unspecified atom stereocenters. The summed E-state index contributed by atoms with van der Waals surface area (Å²) < 4.78 is 22.5. The molecule has 2 rings (SSSR count). The van der Waals surface area contributed by atoms with Crippen LogP contribution in [0.15, 0.2) is 18.2 Å². The van der Waals surface area contributed by atoms with E-state index in [-0.39, 0.29) is 6.79 Å². The van der Waals surface area contributed by atoms with Gasteiger partial charge in [-0.1, -0.05) is 17.7 Å². The largest absolute Gasteiger partial charge is 0.498 e. The second-order valence-corrected chi connectivity index (χ2v) is 6.26. The van der Waals surface area contributed by atoms with Crippen molar-refractivity contribution in [3.8, 4) is 5.75 Å². The molecule has 0 aliphatic carbocycles. The first kappa shape index (κ1) is 15.6. The van der Waals surface area contributed by atoms with Crippen molar-refractivity contribution < 1.29 is 18.8 Å². The van der Waals surface area contributed by atoms with Gasteiger partial charge in [0, 0.05) is 17.6 Å². The van der Waals surface area contributed by atoms with Crippen LogP contribution in [0.5, 0.6) is 5.75 Å². The summed E-state index contributed by atoms with van der Waals surface area (Å²) in [6, 6.07) is 5.39. The maximum Gasteiger partial charge on any atom is 0.498 e. The summed E-state index contributed by atoms with van der Waals surface area (Å²) in [5, 5.41) is 0.594. The van der Waals surface area contributed by atoms with Gasteiger partial charge in [-0.05, 0) is 39.8 Å². The van der Waals surface area contributed by atoms with Gasteiger partial charge in [-0.25, -0.2) is 0 Å². The Labute approximate surface area is 125 Å². The summed E-state index contributed by atoms with van der Waals surface area (Å²) in [5.41, 5.74) is 0.0242. The summed E-state index contributed by atoms with van der Waals surface area (Å²) in [6.45, 7) is 8.20. The molecule has 1 aliphatic heterocycles. The van der Waals surface area contributed by atoms with Crippen LogP contribution >= 0.6 is 11.6 Å². The average molecular weight is 299 g/mol. The van der Waals surface area contributed by atoms with Gasteiger partial charge in [-0.3, -0.25) is 0 Å². The molecule has 0 saturated carbocycles. The highest BCUT2D eigenvalue weighted by molar-refractivity contribution is 6.63. The Morgan fingerprint density at radius 3 is 2.30 bits per heavy atom. The number of halogens is 1. The van der Waals surface area contributed by atoms with Crippen LogP contribution in [0.25, 0.3) is 0 Å². The predicted octanol–water partition coefficient (Wildman–Crippen LogP) is 2.62. The van der Waals surface area contributed by atoms with Crippen LogP contribution in [-0.2, 0) is 14.0 Å². The number of benzene rings is 1. The zero-order chi connectivity index (χ0) is 15.0. The minimum atomic E-state index is -0.482. The van der Waals surface area contributed by atoms with Crippen LogP contribution in [0.4, 0.5) is 0 Å². The van der Waals surface area contributed by atoms with Gasteiger partial charge in [0.2, 0.25) is 0 Å². The van der Waals surface area contributed by atoms with Crippen LogP contribution in [0.1, 0.15) is 27.7 Å². The first-order valence-corrected chi connectivity index (χ1v) is 6.91. The SMILES string of the molecule is COCOc1cc(Cl)ccc1B1OC(C)(C)C(C)(C)O1. The molecule has 1 aliphatic rings. The zero-order valence-electron chi connectivity index (χ0n) is 12.5. The van der Waals surface area contributed by atoms with E-state index in [1.807, 2.05) is 33.8 Å². The van der Waals surface area contributed by atoms with Crippen LogP contribution in [-0.4, -0.2) is 32.2 Å². The number of hydrogen-bond donors (Lipinski definition) is 0. The lowest BCUT2D eigenvalue weighted by molar-refractivity contribution is 0.00578. The highest BCUT2D eigenvalue weighted by Crippen LogP contribution is 2.37. The summed E-state index contributed by atoms with van der Waals surface area (Å²) in [7, 11) is 1.09. The van der Waals surface area contributed by atoms with Gasteiger partial charge in [-0.15, -0.1) is 0 Å². The molecule has 0 aromatic heterocycles. The van der Waals surface area contributed by atoms with Crippen LogP contribution < -0.4 is 10.2 Å². The Kier molecular flexibility index (Phi) is 4.35. The van der Waals surface area contributed by atoms with Crippen LogP contribution in [0.2, 0.25) is 5.02 Å². The normalized spacial score (nSPS) is 20.2. The van der Waals surface area contributed by atoms with Gasteiger partial charge >= 0.3 is 7.12 Å². The molecule has 20 heavy (non-hydrogen) atoms. The molecule has 0 radical (unpaired) electrons. The molecule has 0 amide bonds. The van der Waals surface area contributed by atoms with E-state index in [0.29, 0.717) is 10.8 Å². The van der Waals surface area contributed by atoms with Gasteiger partial charge in [0.1, 0.15) is 5.75 Å². The predicted molar refractivity (Wildman–Crippen MR) is 79.7 cm³/mol. The van der Waals surface area contributed by atoms with Gasteiger partial charge in [0.05, 0.1) is 11.2 Å². The van der Waals surface area contributed by atoms with E-state index in [4.69, 9.17) is 30.4 Å². The molecule has 1 aromatic rings. The Morgan fingerprint density at radius 2 is 1.75 bits per heavy atom. The Hall–Kier alpha value is -0.745. The highest BCUT2D eigenvalue weighted by atomic mass is 35.5. The molecule has 6 heteroatoms. The summed E-state index contributed by atoms with van der Waals surface area (Å²) in [4.78, 5) is 0. The average Bonchev–Trinajstić information content (AvgIpc) is 2.55. The van der Waals surface area contributed by atoms with Gasteiger partial charge in [0.25, 0.3) is 0 Å². The maximum atomic E-state index is 6.02. The number of methoxy groups -OCH3 is 1. The fourth-order valence-electron chi connectivity index (χ4n) is 1.92. The molecular formula is C14H20BClO4. The molecule has 1 saturated heterocycles. The second kappa shape index (κ2) is 5.56. The van der Waals surface area contributed by atoms with Gasteiger partial charge in [0.15, 0.2) is 6.79 Å². The Bertz CT molecular complexity index is 474. The van der Waals surface area contributed by atoms with E-state index in [1.165, 1.54) is 0 Å². The molecule has 0 N–H and O–H groups in total. The second-order valence-electron chi connectivity index (χ2n) is 5.82. The smallest absolute Gasteiger partial charge is 0.468 e. The Morgan fingerprint density at radius 1 is 1.15 bits per heavy atom. The third-order valence-corrected chi connectivity index (χ3v) is 4.05. The molecule has 4 nitrogen and oxygen atoms in total. The number of rotatable bonds is 4. The van der Waals surface area contributed by atoms with Crippen molar-refractivity contribution in [2.24, 2.45) is 0 Å². The quantitative estimate of drug-likeness (QED) is 0.632. The van der Waals surface area contributed by atoms with Crippen molar-refractivity contribution in [1.29, 1.82) is 0 Å². The first-order valence-electron chi connectivity index (χ1n) is 6.54. The molecule has 0 bridgehead atoms. The highest BCUT2D eigenvalue weighted by Gasteiger charge is 2.52. The molecule has 1 fully saturated rings. The first-order chi connectivity index (χ1) is 9.27. The summed E-state index contributed by atoms with van der Waals surface area (Å²) >= 11 is 6.01. The van der Waals surface area contributed by atoms with E-state index < -0.39 is 18.3 Å². The van der Waals surface area contributed by atoms with E-state index in [0.717, 1.165) is 5.46 Å². The lowest BCUT2D eigenvalue weighted by atomic mass is 9.78. The lowest BCUT2D eigenvalue weighted by Crippen LogP contribution is -2.41. The van der Waals surface area contributed by atoms with E-state index >= 15 is 0 Å². The third-order valence-electron chi connectivity index (χ3n) is 3.82. The minimum absolute atomic E-state index is 0.146. The van der Waals surface area contributed by atoms with Crippen molar-refractivity contribution in [1.82, 2.24) is 0 Å². The van der Waals surface area contributed by atoms with Crippen molar-refractivity contribution in [2.45, 2.75) is 38.9 Å². The lowest BCUT2D eigenvalue weighted by Gasteiger charge is -2.32. The molecule has 110 valence electrons. The fraction of sp³-hybridized carbons (Fsp3) is 0.571. The summed E-state index contributed by atoms with van der Waals surface area (Å²) in [6.07, 6.45) is 0. The molecule has 0 atom stereocenters. The minimum Gasteiger partial charge on any atom is -0.468 e. The topological polar surface area (TPSA) is 36.9 Å². The Balaban J connectivity index is 2.29. The summed E-state index contributed by atoms with van der Waals surface area (Å²) in [5.74, 6) is 0.609. The number of ether oxygens (including phenoxy) is 2. The third kappa shape index (κ3) is 2.96. The van der Waals surface area contributed by atoms with Crippen LogP contribution in [0, 0.1) is 0 Å². The van der Waals surface area contributed by atoms with Gasteiger partial charge in [-0.2, -0.15) is 0 Å². The zero-order valence-corrected chi connectivity index (χ0v) is 13.3. The van der Waals surface area contributed by atoms with Crippen molar-refractivity contribution in [3.63, 3.8) is 0 Å². The number of hydrogen-bond acceptors (Lipinski definition) is 4. The van der Waals surface area contributed by atoms with E-state index in [9.17, 15) is 0 Å². The monoisotopic (exact) mass is 298 g/mol. The standard InChI is InChI=1S/C14H20BClO4/c1-13(2)14(3,4)20-15(19-13)11-7-6-10(16)8-12(11)18-9-17-5/h6-8H,9H2,1-5H3. The van der Waals surface area contributed by atoms with Crippen LogP contribution in [0.3, 0.4) is 0 Å². The fourth-order valence-corrected chi connectivity index (χ4v) is 2.08. The van der Waals surface area contributed by atoms with Crippen molar-refractivity contribution in [3.05, 3.63) is 23.2 Å². The van der Waals surface area contributed by atoms with E-state index in [2.05, 4.69) is 0 Å². The van der Waals surface area contributed by atoms with Gasteiger partial charge < -0.3 is 18.8 Å². The molecule has 0 spiro atoms. The maximum absolute atomic E-state index is 6.02. The molecule has 1 heterocycles. The van der Waals surface area contributed by atoms with Crippen molar-refractivity contribution in [2.75, 3.05) is 13.9 Å². The molecular weight excluding hydrogens is 278 g/mol. The molecule has 1 aromatic carbocycles.